The van der Waals surface area contributed by atoms with E-state index in [1.54, 1.807) is 30.3 Å². The Labute approximate surface area is 162 Å². The summed E-state index contributed by atoms with van der Waals surface area (Å²) in [4.78, 5) is 25.4. The first kappa shape index (κ1) is 18.3. The topological polar surface area (TPSA) is 76.7 Å². The fourth-order valence-electron chi connectivity index (χ4n) is 3.88. The quantitative estimate of drug-likeness (QED) is 0.798. The van der Waals surface area contributed by atoms with Crippen LogP contribution in [0.4, 0.5) is 4.39 Å². The number of nitrogens with one attached hydrogen (secondary N) is 2. The van der Waals surface area contributed by atoms with Gasteiger partial charge in [-0.3, -0.25) is 20.4 Å². The molecule has 0 spiro atoms. The molecule has 0 radical (unpaired) electrons. The average Bonchev–Trinajstić information content (AvgIpc) is 3.23. The maximum atomic E-state index is 13.3. The summed E-state index contributed by atoms with van der Waals surface area (Å²) in [6, 6.07) is 10.9. The molecule has 2 N–H and O–H groups in total. The molecule has 2 aliphatic rings. The van der Waals surface area contributed by atoms with Crippen LogP contribution in [0.2, 0.25) is 0 Å². The summed E-state index contributed by atoms with van der Waals surface area (Å²) in [7, 11) is 0. The summed E-state index contributed by atoms with van der Waals surface area (Å²) in [6.45, 7) is 0.898. The van der Waals surface area contributed by atoms with Gasteiger partial charge in [0.05, 0.1) is 5.41 Å². The Morgan fingerprint density at radius 3 is 2.29 bits per heavy atom. The number of hydrogen-bond donors (Lipinski definition) is 2. The van der Waals surface area contributed by atoms with Crippen molar-refractivity contribution in [2.75, 3.05) is 13.2 Å². The number of hydrazine groups is 1. The third kappa shape index (κ3) is 3.40. The molecule has 0 unspecified atom stereocenters. The number of halogens is 1. The zero-order valence-electron chi connectivity index (χ0n) is 15.3. The summed E-state index contributed by atoms with van der Waals surface area (Å²) >= 11 is 0. The molecule has 1 heterocycles. The predicted molar refractivity (Wildman–Crippen MR) is 99.6 cm³/mol. The minimum atomic E-state index is -0.756. The van der Waals surface area contributed by atoms with Crippen LogP contribution in [0, 0.1) is 5.82 Å². The van der Waals surface area contributed by atoms with Crippen molar-refractivity contribution in [1.82, 2.24) is 10.9 Å². The van der Waals surface area contributed by atoms with Crippen molar-refractivity contribution < 1.29 is 23.5 Å². The van der Waals surface area contributed by atoms with E-state index in [-0.39, 0.29) is 11.7 Å². The molecule has 1 aliphatic carbocycles. The Kier molecular flexibility index (Phi) is 4.90. The van der Waals surface area contributed by atoms with Crippen LogP contribution in [0.1, 0.15) is 41.6 Å². The first-order valence-corrected chi connectivity index (χ1v) is 9.35. The average molecular weight is 384 g/mol. The third-order valence-corrected chi connectivity index (χ3v) is 5.38. The Hall–Kier alpha value is -3.09. The van der Waals surface area contributed by atoms with Gasteiger partial charge in [0.15, 0.2) is 11.5 Å². The van der Waals surface area contributed by atoms with Crippen LogP contribution >= 0.6 is 0 Å². The van der Waals surface area contributed by atoms with Crippen LogP contribution in [0.5, 0.6) is 11.5 Å². The van der Waals surface area contributed by atoms with Gasteiger partial charge in [0.25, 0.3) is 5.91 Å². The van der Waals surface area contributed by atoms with E-state index in [4.69, 9.17) is 9.47 Å². The van der Waals surface area contributed by atoms with Crippen molar-refractivity contribution in [2.45, 2.75) is 31.1 Å². The van der Waals surface area contributed by atoms with Crippen LogP contribution in [-0.4, -0.2) is 25.0 Å². The lowest BCUT2D eigenvalue weighted by Gasteiger charge is -2.28. The highest BCUT2D eigenvalue weighted by molar-refractivity contribution is 5.97. The highest BCUT2D eigenvalue weighted by Crippen LogP contribution is 2.41. The minimum absolute atomic E-state index is 0.289. The van der Waals surface area contributed by atoms with Crippen molar-refractivity contribution in [3.8, 4) is 11.5 Å². The largest absolute Gasteiger partial charge is 0.486 e. The molecule has 1 saturated carbocycles. The minimum Gasteiger partial charge on any atom is -0.486 e. The maximum Gasteiger partial charge on any atom is 0.269 e. The molecule has 1 fully saturated rings. The maximum absolute atomic E-state index is 13.3. The van der Waals surface area contributed by atoms with Gasteiger partial charge in [-0.2, -0.15) is 0 Å². The summed E-state index contributed by atoms with van der Waals surface area (Å²) < 4.78 is 24.2. The van der Waals surface area contributed by atoms with Gasteiger partial charge in [0.2, 0.25) is 5.91 Å². The molecule has 1 aliphatic heterocycles. The Morgan fingerprint density at radius 1 is 0.893 bits per heavy atom. The molecule has 28 heavy (non-hydrogen) atoms. The molecule has 2 amide bonds. The van der Waals surface area contributed by atoms with E-state index in [1.165, 1.54) is 12.1 Å². The van der Waals surface area contributed by atoms with Crippen LogP contribution < -0.4 is 20.3 Å². The number of amides is 2. The Balaban J connectivity index is 1.46. The van der Waals surface area contributed by atoms with Gasteiger partial charge in [-0.15, -0.1) is 0 Å². The van der Waals surface area contributed by atoms with Gasteiger partial charge in [-0.05, 0) is 48.7 Å². The molecule has 2 aromatic rings. The van der Waals surface area contributed by atoms with Crippen molar-refractivity contribution in [2.24, 2.45) is 0 Å². The molecule has 6 nitrogen and oxygen atoms in total. The lowest BCUT2D eigenvalue weighted by atomic mass is 9.78. The fraction of sp³-hybridized carbons (Fsp3) is 0.333. The van der Waals surface area contributed by atoms with E-state index in [0.29, 0.717) is 43.1 Å². The normalized spacial score (nSPS) is 17.0. The fourth-order valence-corrected chi connectivity index (χ4v) is 3.88. The van der Waals surface area contributed by atoms with E-state index in [2.05, 4.69) is 10.9 Å². The number of carbonyl (C=O) groups is 2. The summed E-state index contributed by atoms with van der Waals surface area (Å²) in [5.74, 6) is 0.0150. The molecular weight excluding hydrogens is 363 g/mol. The van der Waals surface area contributed by atoms with Crippen molar-refractivity contribution in [3.05, 3.63) is 59.4 Å². The number of rotatable bonds is 3. The molecule has 2 aromatic carbocycles. The first-order chi connectivity index (χ1) is 13.6. The van der Waals surface area contributed by atoms with E-state index in [0.717, 1.165) is 18.4 Å². The number of hydrogen-bond acceptors (Lipinski definition) is 4. The molecular formula is C21H21FN2O4. The van der Waals surface area contributed by atoms with Crippen molar-refractivity contribution in [3.63, 3.8) is 0 Å². The summed E-state index contributed by atoms with van der Waals surface area (Å²) in [5.41, 5.74) is 5.39. The van der Waals surface area contributed by atoms with Crippen molar-refractivity contribution >= 4 is 11.8 Å². The van der Waals surface area contributed by atoms with Crippen LogP contribution in [0.3, 0.4) is 0 Å². The van der Waals surface area contributed by atoms with Crippen LogP contribution in [0.25, 0.3) is 0 Å². The number of benzene rings is 2. The summed E-state index contributed by atoms with van der Waals surface area (Å²) in [5, 5.41) is 0. The van der Waals surface area contributed by atoms with Gasteiger partial charge in [-0.1, -0.05) is 25.0 Å². The summed E-state index contributed by atoms with van der Waals surface area (Å²) in [6.07, 6.45) is 3.12. The van der Waals surface area contributed by atoms with Gasteiger partial charge in [-0.25, -0.2) is 4.39 Å². The molecule has 7 heteroatoms. The van der Waals surface area contributed by atoms with Crippen LogP contribution in [-0.2, 0) is 10.2 Å². The molecule has 4 rings (SSSR count). The van der Waals surface area contributed by atoms with Crippen molar-refractivity contribution in [1.29, 1.82) is 0 Å². The van der Waals surface area contributed by atoms with Gasteiger partial charge in [0, 0.05) is 5.56 Å². The second-order valence-electron chi connectivity index (χ2n) is 7.06. The first-order valence-electron chi connectivity index (χ1n) is 9.35. The molecule has 146 valence electrons. The predicted octanol–water partition coefficient (Wildman–Crippen LogP) is 2.87. The van der Waals surface area contributed by atoms with Gasteiger partial charge >= 0.3 is 0 Å². The molecule has 0 saturated heterocycles. The molecule has 0 aromatic heterocycles. The van der Waals surface area contributed by atoms with Gasteiger partial charge < -0.3 is 9.47 Å². The molecule has 0 bridgehead atoms. The Morgan fingerprint density at radius 2 is 1.57 bits per heavy atom. The highest BCUT2D eigenvalue weighted by atomic mass is 19.1. The van der Waals surface area contributed by atoms with E-state index in [1.807, 2.05) is 0 Å². The lowest BCUT2D eigenvalue weighted by Crippen LogP contribution is -2.50. The monoisotopic (exact) mass is 384 g/mol. The number of carbonyl (C=O) groups excluding carboxylic acids is 2. The van der Waals surface area contributed by atoms with E-state index in [9.17, 15) is 14.0 Å². The second kappa shape index (κ2) is 7.50. The zero-order chi connectivity index (χ0) is 19.6. The smallest absolute Gasteiger partial charge is 0.269 e. The van der Waals surface area contributed by atoms with Crippen LogP contribution in [0.15, 0.2) is 42.5 Å². The van der Waals surface area contributed by atoms with Gasteiger partial charge in [0.1, 0.15) is 19.0 Å². The van der Waals surface area contributed by atoms with E-state index < -0.39 is 11.3 Å². The Bertz CT molecular complexity index is 892. The van der Waals surface area contributed by atoms with E-state index >= 15 is 0 Å². The standard InChI is InChI=1S/C21H21FN2O4/c22-16-6-4-15(5-7-16)21(9-1-2-10-21)20(26)24-23-19(25)14-3-8-17-18(13-14)28-12-11-27-17/h3-8,13H,1-2,9-12H2,(H,23,25)(H,24,26). The molecule has 0 atom stereocenters. The third-order valence-electron chi connectivity index (χ3n) is 5.38. The zero-order valence-corrected chi connectivity index (χ0v) is 15.3. The highest BCUT2D eigenvalue weighted by Gasteiger charge is 2.42. The number of fused-ring (bicyclic) bond motifs is 1. The second-order valence-corrected chi connectivity index (χ2v) is 7.06. The SMILES string of the molecule is O=C(NNC(=O)C1(c2ccc(F)cc2)CCCC1)c1ccc2c(c1)OCCO2. The lowest BCUT2D eigenvalue weighted by molar-refractivity contribution is -0.127. The number of ether oxygens (including phenoxy) is 2.